The lowest BCUT2D eigenvalue weighted by atomic mass is 9.94. The quantitative estimate of drug-likeness (QED) is 0.610. The Morgan fingerprint density at radius 1 is 1.18 bits per heavy atom. The van der Waals surface area contributed by atoms with E-state index in [2.05, 4.69) is 21.4 Å². The van der Waals surface area contributed by atoms with Crippen LogP contribution in [0, 0.1) is 0 Å². The van der Waals surface area contributed by atoms with Crippen molar-refractivity contribution in [2.75, 3.05) is 33.5 Å². The number of aromatic nitrogens is 3. The number of amides is 1. The summed E-state index contributed by atoms with van der Waals surface area (Å²) in [5, 5.41) is 2.38. The minimum atomic E-state index is -0.569. The van der Waals surface area contributed by atoms with E-state index in [1.165, 1.54) is 7.05 Å². The van der Waals surface area contributed by atoms with Gasteiger partial charge in [0.05, 0.1) is 25.5 Å². The van der Waals surface area contributed by atoms with Crippen LogP contribution < -0.4 is 20.5 Å². The van der Waals surface area contributed by atoms with Crippen molar-refractivity contribution in [3.8, 4) is 34.1 Å². The summed E-state index contributed by atoms with van der Waals surface area (Å²) < 4.78 is 23.5. The third kappa shape index (κ3) is 4.63. The van der Waals surface area contributed by atoms with Crippen LogP contribution in [0.15, 0.2) is 47.4 Å². The van der Waals surface area contributed by atoms with E-state index in [0.29, 0.717) is 32.8 Å². The van der Waals surface area contributed by atoms with Gasteiger partial charge in [0.2, 0.25) is 11.8 Å². The molecule has 2 aliphatic rings. The van der Waals surface area contributed by atoms with Gasteiger partial charge in [-0.05, 0) is 23.6 Å². The molecule has 0 bridgehead atoms. The van der Waals surface area contributed by atoms with Crippen molar-refractivity contribution < 1.29 is 23.7 Å². The van der Waals surface area contributed by atoms with Gasteiger partial charge in [0.25, 0.3) is 0 Å². The van der Waals surface area contributed by atoms with Gasteiger partial charge in [-0.2, -0.15) is 4.98 Å². The van der Waals surface area contributed by atoms with E-state index in [9.17, 15) is 9.59 Å². The fraction of sp³-hybridized carbons (Fsp3) is 0.333. The molecule has 1 aromatic carbocycles. The van der Waals surface area contributed by atoms with Crippen molar-refractivity contribution in [2.45, 2.75) is 19.1 Å². The zero-order valence-electron chi connectivity index (χ0n) is 18.7. The monoisotopic (exact) mass is 464 g/mol. The molecule has 0 saturated carbocycles. The fourth-order valence-corrected chi connectivity index (χ4v) is 4.03. The number of fused-ring (bicyclic) bond motifs is 3. The van der Waals surface area contributed by atoms with Crippen LogP contribution in [0.2, 0.25) is 0 Å². The number of pyridine rings is 1. The lowest BCUT2D eigenvalue weighted by molar-refractivity contribution is -0.102. The second-order valence-corrected chi connectivity index (χ2v) is 7.94. The molecule has 34 heavy (non-hydrogen) atoms. The van der Waals surface area contributed by atoms with Gasteiger partial charge in [-0.25, -0.2) is 14.6 Å². The van der Waals surface area contributed by atoms with Gasteiger partial charge in [0.1, 0.15) is 12.7 Å². The average Bonchev–Trinajstić information content (AvgIpc) is 2.88. The van der Waals surface area contributed by atoms with E-state index < -0.39 is 6.09 Å². The maximum Gasteiger partial charge on any atom is 0.413 e. The largest absolute Gasteiger partial charge is 0.475 e. The number of benzene rings is 1. The Labute approximate surface area is 195 Å². The van der Waals surface area contributed by atoms with Crippen molar-refractivity contribution in [2.24, 2.45) is 0 Å². The highest BCUT2D eigenvalue weighted by atomic mass is 16.6. The number of ether oxygens (including phenoxy) is 4. The Kier molecular flexibility index (Phi) is 6.24. The third-order valence-electron chi connectivity index (χ3n) is 5.75. The Morgan fingerprint density at radius 3 is 2.82 bits per heavy atom. The maximum absolute atomic E-state index is 12.6. The first-order chi connectivity index (χ1) is 16.6. The Bertz CT molecular complexity index is 1250. The standard InChI is InChI=1S/C24H24N4O6/c1-25-24(30)34-21-5-3-17(12-26-21)15-2-4-19-16(10-15)6-7-28-20(19)11-22(27-23(28)29)33-14-18-13-31-8-9-32-18/h2-5,10-12,18H,6-9,13-14H2,1H3,(H,25,30). The number of nitrogens with zero attached hydrogens (tertiary/aromatic N) is 3. The number of carbonyl (C=O) groups is 1. The van der Waals surface area contributed by atoms with E-state index in [0.717, 1.165) is 27.9 Å². The van der Waals surface area contributed by atoms with Crippen LogP contribution in [0.5, 0.6) is 11.8 Å². The molecule has 2 aliphatic heterocycles. The van der Waals surface area contributed by atoms with Gasteiger partial charge in [-0.1, -0.05) is 18.2 Å². The van der Waals surface area contributed by atoms with E-state index in [4.69, 9.17) is 18.9 Å². The first kappa shape index (κ1) is 22.1. The van der Waals surface area contributed by atoms with Crippen LogP contribution in [0.25, 0.3) is 22.4 Å². The van der Waals surface area contributed by atoms with Crippen LogP contribution in [0.3, 0.4) is 0 Å². The fourth-order valence-electron chi connectivity index (χ4n) is 4.03. The molecule has 1 atom stereocenters. The first-order valence-corrected chi connectivity index (χ1v) is 11.0. The van der Waals surface area contributed by atoms with Crippen molar-refractivity contribution in [3.05, 3.63) is 58.6 Å². The lowest BCUT2D eigenvalue weighted by Gasteiger charge is -2.24. The molecule has 0 aliphatic carbocycles. The summed E-state index contributed by atoms with van der Waals surface area (Å²) >= 11 is 0. The summed E-state index contributed by atoms with van der Waals surface area (Å²) in [6.45, 7) is 2.38. The van der Waals surface area contributed by atoms with E-state index in [-0.39, 0.29) is 30.2 Å². The smallest absolute Gasteiger partial charge is 0.413 e. The molecular weight excluding hydrogens is 440 g/mol. The molecule has 176 valence electrons. The number of hydrogen-bond donors (Lipinski definition) is 1. The first-order valence-electron chi connectivity index (χ1n) is 11.0. The minimum absolute atomic E-state index is 0.175. The number of rotatable bonds is 5. The van der Waals surface area contributed by atoms with Gasteiger partial charge in [-0.15, -0.1) is 0 Å². The molecule has 2 aromatic heterocycles. The van der Waals surface area contributed by atoms with E-state index in [1.54, 1.807) is 22.9 Å². The Balaban J connectivity index is 1.38. The normalized spacial score (nSPS) is 16.8. The van der Waals surface area contributed by atoms with Gasteiger partial charge in [0.15, 0.2) is 0 Å². The predicted molar refractivity (Wildman–Crippen MR) is 122 cm³/mol. The van der Waals surface area contributed by atoms with Crippen LogP contribution in [-0.2, 0) is 22.4 Å². The molecule has 1 amide bonds. The van der Waals surface area contributed by atoms with E-state index >= 15 is 0 Å². The van der Waals surface area contributed by atoms with Gasteiger partial charge in [0, 0.05) is 43.0 Å². The van der Waals surface area contributed by atoms with Crippen molar-refractivity contribution in [1.82, 2.24) is 19.9 Å². The highest BCUT2D eigenvalue weighted by Crippen LogP contribution is 2.33. The van der Waals surface area contributed by atoms with Crippen LogP contribution in [0.4, 0.5) is 4.79 Å². The number of aryl methyl sites for hydroxylation is 1. The second-order valence-electron chi connectivity index (χ2n) is 7.94. The van der Waals surface area contributed by atoms with Crippen LogP contribution in [-0.4, -0.2) is 60.2 Å². The molecule has 0 radical (unpaired) electrons. The molecule has 3 aromatic rings. The van der Waals surface area contributed by atoms with Crippen molar-refractivity contribution in [3.63, 3.8) is 0 Å². The van der Waals surface area contributed by atoms with Crippen molar-refractivity contribution >= 4 is 6.09 Å². The zero-order chi connectivity index (χ0) is 23.5. The predicted octanol–water partition coefficient (Wildman–Crippen LogP) is 2.04. The molecule has 1 unspecified atom stereocenters. The van der Waals surface area contributed by atoms with Gasteiger partial charge < -0.3 is 24.3 Å². The highest BCUT2D eigenvalue weighted by molar-refractivity contribution is 5.74. The maximum atomic E-state index is 12.6. The molecular formula is C24H24N4O6. The topological polar surface area (TPSA) is 114 Å². The molecule has 1 N–H and O–H groups in total. The van der Waals surface area contributed by atoms with E-state index in [1.807, 2.05) is 18.2 Å². The molecule has 0 spiro atoms. The third-order valence-corrected chi connectivity index (χ3v) is 5.75. The molecule has 10 heteroatoms. The summed E-state index contributed by atoms with van der Waals surface area (Å²) in [6, 6.07) is 11.4. The molecule has 10 nitrogen and oxygen atoms in total. The molecule has 1 fully saturated rings. The summed E-state index contributed by atoms with van der Waals surface area (Å²) in [6.07, 6.45) is 1.62. The van der Waals surface area contributed by atoms with Crippen molar-refractivity contribution in [1.29, 1.82) is 0 Å². The Hall–Kier alpha value is -3.76. The lowest BCUT2D eigenvalue weighted by Crippen LogP contribution is -2.34. The minimum Gasteiger partial charge on any atom is -0.475 e. The summed E-state index contributed by atoms with van der Waals surface area (Å²) in [4.78, 5) is 32.3. The van der Waals surface area contributed by atoms with Crippen LogP contribution >= 0.6 is 0 Å². The molecule has 5 rings (SSSR count). The molecule has 4 heterocycles. The highest BCUT2D eigenvalue weighted by Gasteiger charge is 2.21. The molecule has 1 saturated heterocycles. The summed E-state index contributed by atoms with van der Waals surface area (Å²) in [5.41, 5.74) is 4.39. The zero-order valence-corrected chi connectivity index (χ0v) is 18.7. The summed E-state index contributed by atoms with van der Waals surface area (Å²) in [5.74, 6) is 0.498. The van der Waals surface area contributed by atoms with Crippen LogP contribution in [0.1, 0.15) is 5.56 Å². The van der Waals surface area contributed by atoms with Gasteiger partial charge >= 0.3 is 11.8 Å². The average molecular weight is 464 g/mol. The SMILES string of the molecule is CNC(=O)Oc1ccc(-c2ccc3c(c2)CCn2c-3cc(OCC3COCCO3)nc2=O)cn1. The number of carbonyl (C=O) groups excluding carboxylic acids is 1. The second kappa shape index (κ2) is 9.62. The number of hydrogen-bond acceptors (Lipinski definition) is 8. The number of nitrogens with one attached hydrogen (secondary N) is 1. The summed E-state index contributed by atoms with van der Waals surface area (Å²) in [7, 11) is 1.49. The van der Waals surface area contributed by atoms with Gasteiger partial charge in [-0.3, -0.25) is 4.57 Å². The Morgan fingerprint density at radius 2 is 2.06 bits per heavy atom.